The fourth-order valence-electron chi connectivity index (χ4n) is 3.03. The Hall–Kier alpha value is -2.98. The van der Waals surface area contributed by atoms with Crippen molar-refractivity contribution in [3.63, 3.8) is 0 Å². The summed E-state index contributed by atoms with van der Waals surface area (Å²) in [5.74, 6) is -1.85. The second kappa shape index (κ2) is 8.36. The molecule has 0 bridgehead atoms. The minimum atomic E-state index is -1.55. The van der Waals surface area contributed by atoms with Gasteiger partial charge in [-0.05, 0) is 36.5 Å². The number of ether oxygens (including phenoxy) is 1. The van der Waals surface area contributed by atoms with E-state index in [1.54, 1.807) is 21.9 Å². The summed E-state index contributed by atoms with van der Waals surface area (Å²) >= 11 is 0. The number of aromatic hydroxyl groups is 1. The minimum absolute atomic E-state index is 0.0146. The summed E-state index contributed by atoms with van der Waals surface area (Å²) < 4.78 is 7.44. The van der Waals surface area contributed by atoms with E-state index in [1.807, 2.05) is 12.1 Å². The molecule has 2 aromatic rings. The number of rotatable bonds is 8. The van der Waals surface area contributed by atoms with Crippen molar-refractivity contribution in [1.82, 2.24) is 9.47 Å². The third kappa shape index (κ3) is 4.46. The summed E-state index contributed by atoms with van der Waals surface area (Å²) in [6.07, 6.45) is 3.30. The molecule has 0 spiro atoms. The van der Waals surface area contributed by atoms with Crippen LogP contribution in [0.25, 0.3) is 0 Å². The number of benzene rings is 1. The summed E-state index contributed by atoms with van der Waals surface area (Å²) in [7, 11) is -1.55. The Bertz CT molecular complexity index is 848. The summed E-state index contributed by atoms with van der Waals surface area (Å²) in [6, 6.07) is 6.60. The number of nitrogens with zero attached hydrogens (tertiary/aromatic N) is 2. The molecular weight excluding hydrogens is 367 g/mol. The van der Waals surface area contributed by atoms with Crippen LogP contribution >= 0.6 is 0 Å². The zero-order valence-electron chi connectivity index (χ0n) is 15.1. The molecule has 28 heavy (non-hydrogen) atoms. The van der Waals surface area contributed by atoms with Crippen LogP contribution in [0.4, 0.5) is 0 Å². The Morgan fingerprint density at radius 3 is 2.46 bits per heavy atom. The summed E-state index contributed by atoms with van der Waals surface area (Å²) in [5.41, 5.74) is -0.0861. The number of amides is 1. The lowest BCUT2D eigenvalue weighted by Gasteiger charge is -2.39. The first-order chi connectivity index (χ1) is 13.3. The molecule has 1 amide bonds. The van der Waals surface area contributed by atoms with Crippen LogP contribution in [0.3, 0.4) is 0 Å². The maximum Gasteiger partial charge on any atom is 0.451 e. The van der Waals surface area contributed by atoms with Crippen LogP contribution in [0.1, 0.15) is 15.9 Å². The van der Waals surface area contributed by atoms with Gasteiger partial charge in [-0.15, -0.1) is 0 Å². The van der Waals surface area contributed by atoms with E-state index in [9.17, 15) is 19.8 Å². The molecule has 0 unspecified atom stereocenters. The number of carboxylic acid groups (broad SMARTS) is 1. The van der Waals surface area contributed by atoms with E-state index in [-0.39, 0.29) is 48.2 Å². The van der Waals surface area contributed by atoms with Crippen molar-refractivity contribution >= 4 is 19.0 Å². The molecule has 10 heteroatoms. The van der Waals surface area contributed by atoms with Crippen molar-refractivity contribution in [2.45, 2.75) is 25.4 Å². The van der Waals surface area contributed by atoms with Crippen molar-refractivity contribution in [1.29, 1.82) is 0 Å². The summed E-state index contributed by atoms with van der Waals surface area (Å²) in [6.45, 7) is 0.892. The number of aromatic carboxylic acids is 1. The quantitative estimate of drug-likeness (QED) is 0.475. The fourth-order valence-corrected chi connectivity index (χ4v) is 3.03. The second-order valence-corrected chi connectivity index (χ2v) is 6.66. The van der Waals surface area contributed by atoms with Crippen LogP contribution in [-0.4, -0.2) is 67.9 Å². The van der Waals surface area contributed by atoms with E-state index in [4.69, 9.17) is 14.8 Å². The predicted octanol–water partition coefficient (Wildman–Crippen LogP) is 0.197. The number of phenols is 1. The van der Waals surface area contributed by atoms with Gasteiger partial charge in [0.15, 0.2) is 0 Å². The summed E-state index contributed by atoms with van der Waals surface area (Å²) in [5, 5.41) is 37.6. The highest BCUT2D eigenvalue weighted by molar-refractivity contribution is 6.41. The number of aryl methyl sites for hydroxylation is 1. The third-order valence-electron chi connectivity index (χ3n) is 4.59. The van der Waals surface area contributed by atoms with Gasteiger partial charge in [0.25, 0.3) is 0 Å². The molecule has 1 aliphatic rings. The highest BCUT2D eigenvalue weighted by Gasteiger charge is 2.33. The Labute approximate surface area is 161 Å². The van der Waals surface area contributed by atoms with Gasteiger partial charge in [-0.1, -0.05) is 6.07 Å². The number of carbonyl (C=O) groups excluding carboxylic acids is 1. The number of hydrogen-bond acceptors (Lipinski definition) is 6. The van der Waals surface area contributed by atoms with Gasteiger partial charge in [-0.2, -0.15) is 0 Å². The van der Waals surface area contributed by atoms with Gasteiger partial charge in [0.05, 0.1) is 13.1 Å². The van der Waals surface area contributed by atoms with E-state index in [0.29, 0.717) is 13.1 Å². The highest BCUT2D eigenvalue weighted by Crippen LogP contribution is 2.33. The summed E-state index contributed by atoms with van der Waals surface area (Å²) in [4.78, 5) is 25.3. The van der Waals surface area contributed by atoms with Crippen molar-refractivity contribution < 1.29 is 34.6 Å². The molecule has 0 radical (unpaired) electrons. The van der Waals surface area contributed by atoms with Gasteiger partial charge in [0.1, 0.15) is 29.7 Å². The maximum absolute atomic E-state index is 12.2. The zero-order valence-corrected chi connectivity index (χ0v) is 15.1. The van der Waals surface area contributed by atoms with E-state index in [1.165, 1.54) is 12.1 Å². The topological polar surface area (TPSA) is 132 Å². The molecule has 1 aliphatic heterocycles. The lowest BCUT2D eigenvalue weighted by Crippen LogP contribution is -2.57. The van der Waals surface area contributed by atoms with Crippen molar-refractivity contribution in [3.05, 3.63) is 47.8 Å². The van der Waals surface area contributed by atoms with Crippen LogP contribution in [0.5, 0.6) is 11.5 Å². The lowest BCUT2D eigenvalue weighted by atomic mass is 9.82. The van der Waals surface area contributed by atoms with Gasteiger partial charge in [-0.25, -0.2) is 4.79 Å². The first kappa shape index (κ1) is 19.8. The van der Waals surface area contributed by atoms with Gasteiger partial charge in [-0.3, -0.25) is 4.79 Å². The van der Waals surface area contributed by atoms with Crippen LogP contribution in [0.2, 0.25) is 6.32 Å². The number of aromatic nitrogens is 1. The molecular formula is C18H21BN2O7. The molecule has 0 atom stereocenters. The van der Waals surface area contributed by atoms with Crippen LogP contribution in [0, 0.1) is 0 Å². The molecule has 1 aromatic heterocycles. The first-order valence-electron chi connectivity index (χ1n) is 8.84. The van der Waals surface area contributed by atoms with Gasteiger partial charge in [0.2, 0.25) is 5.91 Å². The fraction of sp³-hybridized carbons (Fsp3) is 0.333. The first-order valence-corrected chi connectivity index (χ1v) is 8.84. The molecule has 1 saturated heterocycles. The Morgan fingerprint density at radius 1 is 1.18 bits per heavy atom. The highest BCUT2D eigenvalue weighted by atomic mass is 16.5. The Morgan fingerprint density at radius 2 is 1.86 bits per heavy atom. The number of carbonyl (C=O) groups is 2. The van der Waals surface area contributed by atoms with Gasteiger partial charge < -0.3 is 34.5 Å². The number of carboxylic acids is 1. The zero-order chi connectivity index (χ0) is 20.3. The molecule has 1 aromatic carbocycles. The van der Waals surface area contributed by atoms with E-state index in [0.717, 1.165) is 0 Å². The average Bonchev–Trinajstić information content (AvgIpc) is 3.09. The molecule has 0 saturated carbocycles. The van der Waals surface area contributed by atoms with Crippen molar-refractivity contribution in [3.8, 4) is 11.5 Å². The number of likely N-dealkylation sites (tertiary alicyclic amines) is 1. The van der Waals surface area contributed by atoms with Crippen molar-refractivity contribution in [2.75, 3.05) is 13.1 Å². The SMILES string of the molecule is O=C(O)c1c(OC2CN(C(=O)Cn3cccc3)C2)ccc(CCB(O)O)c1O. The molecule has 4 N–H and O–H groups in total. The molecule has 1 fully saturated rings. The Kier molecular flexibility index (Phi) is 5.91. The normalized spacial score (nSPS) is 13.9. The largest absolute Gasteiger partial charge is 0.507 e. The van der Waals surface area contributed by atoms with E-state index in [2.05, 4.69) is 0 Å². The van der Waals surface area contributed by atoms with Crippen LogP contribution in [-0.2, 0) is 17.8 Å². The maximum atomic E-state index is 12.2. The second-order valence-electron chi connectivity index (χ2n) is 6.66. The lowest BCUT2D eigenvalue weighted by molar-refractivity contribution is -0.140. The van der Waals surface area contributed by atoms with Crippen LogP contribution < -0.4 is 4.74 Å². The van der Waals surface area contributed by atoms with Gasteiger partial charge in [0, 0.05) is 12.4 Å². The molecule has 9 nitrogen and oxygen atoms in total. The van der Waals surface area contributed by atoms with E-state index >= 15 is 0 Å². The average molecular weight is 388 g/mol. The smallest absolute Gasteiger partial charge is 0.451 e. The Balaban J connectivity index is 1.62. The predicted molar refractivity (Wildman–Crippen MR) is 99.2 cm³/mol. The molecule has 0 aliphatic carbocycles. The molecule has 2 heterocycles. The third-order valence-corrected chi connectivity index (χ3v) is 4.59. The monoisotopic (exact) mass is 388 g/mol. The number of hydrogen-bond donors (Lipinski definition) is 4. The van der Waals surface area contributed by atoms with E-state index < -0.39 is 18.8 Å². The van der Waals surface area contributed by atoms with Gasteiger partial charge >= 0.3 is 13.1 Å². The molecule has 3 rings (SSSR count). The van der Waals surface area contributed by atoms with Crippen LogP contribution in [0.15, 0.2) is 36.7 Å². The standard InChI is InChI=1S/C18H21BN2O7/c22-15(11-20-7-1-2-8-20)21-9-13(10-21)28-14-4-3-12(5-6-19(26)27)17(23)16(14)18(24)25/h1-4,7-8,13,23,26-27H,5-6,9-11H2,(H,24,25). The van der Waals surface area contributed by atoms with Crippen molar-refractivity contribution in [2.24, 2.45) is 0 Å². The minimum Gasteiger partial charge on any atom is -0.507 e. The molecule has 148 valence electrons.